The molecule has 2 heterocycles. The van der Waals surface area contributed by atoms with E-state index >= 15 is 0 Å². The minimum atomic E-state index is -0.441. The van der Waals surface area contributed by atoms with Crippen LogP contribution in [0, 0.1) is 10.1 Å². The third kappa shape index (κ3) is 3.00. The molecular formula is C9H11N5O2S. The second-order valence-corrected chi connectivity index (χ2v) is 4.47. The Morgan fingerprint density at radius 3 is 3.00 bits per heavy atom. The van der Waals surface area contributed by atoms with E-state index in [1.807, 2.05) is 13.2 Å². The highest BCUT2D eigenvalue weighted by molar-refractivity contribution is 7.18. The van der Waals surface area contributed by atoms with Crippen LogP contribution in [-0.2, 0) is 13.5 Å². The molecule has 7 nitrogen and oxygen atoms in total. The molecule has 0 saturated carbocycles. The second kappa shape index (κ2) is 4.91. The second-order valence-electron chi connectivity index (χ2n) is 3.46. The van der Waals surface area contributed by atoms with E-state index in [0.29, 0.717) is 11.7 Å². The molecule has 0 atom stereocenters. The molecule has 0 spiro atoms. The van der Waals surface area contributed by atoms with Gasteiger partial charge in [-0.2, -0.15) is 5.10 Å². The van der Waals surface area contributed by atoms with Gasteiger partial charge < -0.3 is 5.32 Å². The zero-order valence-electron chi connectivity index (χ0n) is 9.16. The Bertz CT molecular complexity index is 521. The van der Waals surface area contributed by atoms with Crippen molar-refractivity contribution in [3.8, 4) is 0 Å². The molecule has 0 aliphatic rings. The third-order valence-electron chi connectivity index (χ3n) is 2.12. The molecule has 0 saturated heterocycles. The molecule has 0 aliphatic carbocycles. The van der Waals surface area contributed by atoms with Gasteiger partial charge in [0.25, 0.3) is 0 Å². The third-order valence-corrected chi connectivity index (χ3v) is 3.03. The number of anilines is 1. The van der Waals surface area contributed by atoms with Gasteiger partial charge in [0.1, 0.15) is 6.20 Å². The first-order chi connectivity index (χ1) is 8.15. The molecule has 0 unspecified atom stereocenters. The summed E-state index contributed by atoms with van der Waals surface area (Å²) in [4.78, 5) is 13.9. The number of rotatable bonds is 5. The molecule has 2 aromatic rings. The molecule has 90 valence electrons. The fourth-order valence-corrected chi connectivity index (χ4v) is 2.00. The average molecular weight is 253 g/mol. The Morgan fingerprint density at radius 1 is 1.59 bits per heavy atom. The maximum atomic E-state index is 10.4. The fourth-order valence-electron chi connectivity index (χ4n) is 1.35. The smallest absolute Gasteiger partial charge is 0.345 e. The van der Waals surface area contributed by atoms with Gasteiger partial charge in [-0.1, -0.05) is 0 Å². The van der Waals surface area contributed by atoms with E-state index in [1.165, 1.54) is 6.20 Å². The predicted octanol–water partition coefficient (Wildman–Crippen LogP) is 1.44. The zero-order valence-corrected chi connectivity index (χ0v) is 9.98. The summed E-state index contributed by atoms with van der Waals surface area (Å²) < 4.78 is 1.74. The number of hydrogen-bond acceptors (Lipinski definition) is 6. The van der Waals surface area contributed by atoms with Gasteiger partial charge in [0.15, 0.2) is 5.13 Å². The SMILES string of the molecule is Cn1cc(CCNc2ncc([N+](=O)[O-])s2)cn1. The maximum absolute atomic E-state index is 10.4. The van der Waals surface area contributed by atoms with Crippen LogP contribution in [0.25, 0.3) is 0 Å². The van der Waals surface area contributed by atoms with E-state index in [-0.39, 0.29) is 5.00 Å². The van der Waals surface area contributed by atoms with Gasteiger partial charge in [-0.15, -0.1) is 0 Å². The van der Waals surface area contributed by atoms with Crippen LogP contribution in [0.1, 0.15) is 5.56 Å². The highest BCUT2D eigenvalue weighted by Gasteiger charge is 2.10. The summed E-state index contributed by atoms with van der Waals surface area (Å²) in [6, 6.07) is 0. The Balaban J connectivity index is 1.83. The highest BCUT2D eigenvalue weighted by atomic mass is 32.1. The van der Waals surface area contributed by atoms with Gasteiger partial charge in [0.2, 0.25) is 0 Å². The first-order valence-electron chi connectivity index (χ1n) is 4.97. The van der Waals surface area contributed by atoms with E-state index in [2.05, 4.69) is 15.4 Å². The summed E-state index contributed by atoms with van der Waals surface area (Å²) in [5.74, 6) is 0. The van der Waals surface area contributed by atoms with Crippen molar-refractivity contribution in [1.82, 2.24) is 14.8 Å². The quantitative estimate of drug-likeness (QED) is 0.643. The molecular weight excluding hydrogens is 242 g/mol. The normalized spacial score (nSPS) is 10.4. The van der Waals surface area contributed by atoms with Crippen LogP contribution in [0.4, 0.5) is 10.1 Å². The van der Waals surface area contributed by atoms with Crippen LogP contribution in [0.2, 0.25) is 0 Å². The molecule has 2 aromatic heterocycles. The van der Waals surface area contributed by atoms with E-state index in [1.54, 1.807) is 10.9 Å². The predicted molar refractivity (Wildman–Crippen MR) is 64.2 cm³/mol. The summed E-state index contributed by atoms with van der Waals surface area (Å²) in [6.07, 6.45) is 5.80. The Kier molecular flexibility index (Phi) is 3.33. The molecule has 0 amide bonds. The number of thiazole rings is 1. The van der Waals surface area contributed by atoms with Crippen molar-refractivity contribution in [2.24, 2.45) is 7.05 Å². The molecule has 0 aliphatic heterocycles. The Hall–Kier alpha value is -1.96. The van der Waals surface area contributed by atoms with Crippen molar-refractivity contribution >= 4 is 21.5 Å². The zero-order chi connectivity index (χ0) is 12.3. The van der Waals surface area contributed by atoms with E-state index in [4.69, 9.17) is 0 Å². The molecule has 1 N–H and O–H groups in total. The van der Waals surface area contributed by atoms with Crippen LogP contribution in [0.3, 0.4) is 0 Å². The molecule has 0 bridgehead atoms. The molecule has 8 heteroatoms. The highest BCUT2D eigenvalue weighted by Crippen LogP contribution is 2.24. The first-order valence-corrected chi connectivity index (χ1v) is 5.78. The van der Waals surface area contributed by atoms with Crippen LogP contribution < -0.4 is 5.32 Å². The number of aromatic nitrogens is 3. The molecule has 0 radical (unpaired) electrons. The monoisotopic (exact) mass is 253 g/mol. The van der Waals surface area contributed by atoms with Crippen molar-refractivity contribution < 1.29 is 4.92 Å². The van der Waals surface area contributed by atoms with E-state index in [0.717, 1.165) is 23.3 Å². The minimum absolute atomic E-state index is 0.0499. The summed E-state index contributed by atoms with van der Waals surface area (Å²) in [5, 5.41) is 18.2. The van der Waals surface area contributed by atoms with Gasteiger partial charge in [0, 0.05) is 19.8 Å². The van der Waals surface area contributed by atoms with E-state index in [9.17, 15) is 10.1 Å². The number of hydrogen-bond donors (Lipinski definition) is 1. The Labute approximate surface area is 101 Å². The number of nitrogens with zero attached hydrogens (tertiary/aromatic N) is 4. The van der Waals surface area contributed by atoms with Crippen LogP contribution in [0.15, 0.2) is 18.6 Å². The lowest BCUT2D eigenvalue weighted by Crippen LogP contribution is -2.03. The largest absolute Gasteiger partial charge is 0.361 e. The molecule has 17 heavy (non-hydrogen) atoms. The minimum Gasteiger partial charge on any atom is -0.361 e. The van der Waals surface area contributed by atoms with Crippen LogP contribution >= 0.6 is 11.3 Å². The number of nitrogens with one attached hydrogen (secondary N) is 1. The number of nitro groups is 1. The first kappa shape index (κ1) is 11.5. The van der Waals surface area contributed by atoms with Crippen molar-refractivity contribution in [2.75, 3.05) is 11.9 Å². The van der Waals surface area contributed by atoms with Gasteiger partial charge in [-0.3, -0.25) is 14.8 Å². The fraction of sp³-hybridized carbons (Fsp3) is 0.333. The summed E-state index contributed by atoms with van der Waals surface area (Å²) in [6.45, 7) is 0.677. The van der Waals surface area contributed by atoms with Gasteiger partial charge >= 0.3 is 5.00 Å². The lowest BCUT2D eigenvalue weighted by Gasteiger charge is -1.99. The summed E-state index contributed by atoms with van der Waals surface area (Å²) in [5.41, 5.74) is 1.12. The van der Waals surface area contributed by atoms with Crippen molar-refractivity contribution in [2.45, 2.75) is 6.42 Å². The van der Waals surface area contributed by atoms with Crippen LogP contribution in [0.5, 0.6) is 0 Å². The molecule has 2 rings (SSSR count). The standard InChI is InChI=1S/C9H11N5O2S/c1-13-6-7(4-12-13)2-3-10-9-11-5-8(17-9)14(15)16/h4-6H,2-3H2,1H3,(H,10,11). The maximum Gasteiger partial charge on any atom is 0.345 e. The number of aryl methyl sites for hydroxylation is 1. The topological polar surface area (TPSA) is 85.9 Å². The molecule has 0 aromatic carbocycles. The summed E-state index contributed by atoms with van der Waals surface area (Å²) >= 11 is 1.04. The van der Waals surface area contributed by atoms with Crippen molar-refractivity contribution in [3.63, 3.8) is 0 Å². The van der Waals surface area contributed by atoms with Crippen molar-refractivity contribution in [1.29, 1.82) is 0 Å². The van der Waals surface area contributed by atoms with E-state index < -0.39 is 4.92 Å². The van der Waals surface area contributed by atoms with Gasteiger partial charge in [0.05, 0.1) is 11.1 Å². The van der Waals surface area contributed by atoms with Crippen molar-refractivity contribution in [3.05, 3.63) is 34.3 Å². The molecule has 0 fully saturated rings. The average Bonchev–Trinajstić information content (AvgIpc) is 2.88. The van der Waals surface area contributed by atoms with Crippen LogP contribution in [-0.4, -0.2) is 26.2 Å². The summed E-state index contributed by atoms with van der Waals surface area (Å²) in [7, 11) is 1.86. The lowest BCUT2D eigenvalue weighted by molar-refractivity contribution is -0.380. The van der Waals surface area contributed by atoms with Gasteiger partial charge in [-0.25, -0.2) is 4.98 Å². The Morgan fingerprint density at radius 2 is 2.41 bits per heavy atom. The van der Waals surface area contributed by atoms with Gasteiger partial charge in [-0.05, 0) is 23.3 Å². The lowest BCUT2D eigenvalue weighted by atomic mass is 10.2.